The minimum atomic E-state index is 0.312. The Morgan fingerprint density at radius 3 is 2.22 bits per heavy atom. The van der Waals surface area contributed by atoms with Crippen LogP contribution in [-0.4, -0.2) is 5.78 Å². The molecule has 27 heavy (non-hydrogen) atoms. The second kappa shape index (κ2) is 9.27. The molecule has 0 bridgehead atoms. The van der Waals surface area contributed by atoms with E-state index < -0.39 is 0 Å². The van der Waals surface area contributed by atoms with Crippen LogP contribution in [0.15, 0.2) is 11.6 Å². The number of allylic oxidation sites excluding steroid dienone is 2. The fourth-order valence-electron chi connectivity index (χ4n) is 6.37. The Labute approximate surface area is 169 Å². The van der Waals surface area contributed by atoms with Crippen molar-refractivity contribution in [2.45, 2.75) is 113 Å². The number of carbonyl (C=O) groups excluding carboxylic acids is 1. The van der Waals surface area contributed by atoms with Crippen molar-refractivity contribution in [2.24, 2.45) is 34.5 Å². The Hall–Kier alpha value is -0.590. The van der Waals surface area contributed by atoms with E-state index in [-0.39, 0.29) is 0 Å². The molecule has 2 fully saturated rings. The Kier molecular flexibility index (Phi) is 7.79. The number of fused-ring (bicyclic) bond motifs is 3. The number of carbonyl (C=O) groups is 1. The number of rotatable bonds is 1. The van der Waals surface area contributed by atoms with Gasteiger partial charge >= 0.3 is 0 Å². The lowest BCUT2D eigenvalue weighted by Crippen LogP contribution is -2.45. The van der Waals surface area contributed by atoms with Crippen LogP contribution in [0.3, 0.4) is 0 Å². The second-order valence-electron chi connectivity index (χ2n) is 10.9. The zero-order valence-corrected chi connectivity index (χ0v) is 19.4. The van der Waals surface area contributed by atoms with Crippen molar-refractivity contribution in [3.8, 4) is 0 Å². The Balaban J connectivity index is 0.000000596. The van der Waals surface area contributed by atoms with Gasteiger partial charge in [0.1, 0.15) is 0 Å². The van der Waals surface area contributed by atoms with Gasteiger partial charge < -0.3 is 0 Å². The molecule has 0 N–H and O–H groups in total. The number of unbranched alkanes of at least 4 members (excludes halogenated alkanes) is 1. The average Bonchev–Trinajstić information content (AvgIpc) is 2.93. The Bertz CT molecular complexity index is 526. The number of hydrogen-bond acceptors (Lipinski definition) is 1. The molecular formula is C26H46O. The van der Waals surface area contributed by atoms with E-state index in [1.807, 2.05) is 6.08 Å². The third-order valence-corrected chi connectivity index (χ3v) is 8.71. The second-order valence-corrected chi connectivity index (χ2v) is 10.9. The number of hydrogen-bond donors (Lipinski definition) is 0. The lowest BCUT2D eigenvalue weighted by atomic mass is 9.52. The highest BCUT2D eigenvalue weighted by atomic mass is 16.1. The molecule has 5 unspecified atom stereocenters. The van der Waals surface area contributed by atoms with E-state index in [2.05, 4.69) is 48.5 Å². The van der Waals surface area contributed by atoms with Gasteiger partial charge in [-0.2, -0.15) is 0 Å². The summed E-state index contributed by atoms with van der Waals surface area (Å²) in [4.78, 5) is 12.2. The van der Waals surface area contributed by atoms with E-state index in [9.17, 15) is 4.79 Å². The lowest BCUT2D eigenvalue weighted by Gasteiger charge is -2.53. The standard InChI is InChI=1S/C22H36O.C4H10/c1-15-6-8-18-19(21(3,4)12-10-17(23)14-15)11-13-22(5)16(2)7-9-20(18)22;1-3-4-2/h14,16,18-20H,6-13H2,1-5H3;3-4H2,1-2H3/b15-14+;. The molecule has 0 aliphatic heterocycles. The van der Waals surface area contributed by atoms with Crippen molar-refractivity contribution in [1.29, 1.82) is 0 Å². The summed E-state index contributed by atoms with van der Waals surface area (Å²) in [5.41, 5.74) is 2.20. The van der Waals surface area contributed by atoms with Crippen molar-refractivity contribution in [3.63, 3.8) is 0 Å². The van der Waals surface area contributed by atoms with E-state index in [1.54, 1.807) is 0 Å². The molecule has 0 saturated heterocycles. The van der Waals surface area contributed by atoms with Gasteiger partial charge in [-0.25, -0.2) is 0 Å². The summed E-state index contributed by atoms with van der Waals surface area (Å²) >= 11 is 0. The van der Waals surface area contributed by atoms with E-state index in [1.165, 1.54) is 50.5 Å². The van der Waals surface area contributed by atoms with Crippen LogP contribution in [-0.2, 0) is 4.79 Å². The fourth-order valence-corrected chi connectivity index (χ4v) is 6.37. The molecular weight excluding hydrogens is 328 g/mol. The Morgan fingerprint density at radius 1 is 0.926 bits per heavy atom. The third-order valence-electron chi connectivity index (χ3n) is 8.71. The van der Waals surface area contributed by atoms with Crippen LogP contribution >= 0.6 is 0 Å². The molecule has 3 aliphatic carbocycles. The first-order valence-corrected chi connectivity index (χ1v) is 11.9. The topological polar surface area (TPSA) is 17.1 Å². The Morgan fingerprint density at radius 2 is 1.59 bits per heavy atom. The summed E-state index contributed by atoms with van der Waals surface area (Å²) < 4.78 is 0. The van der Waals surface area contributed by atoms with Gasteiger partial charge in [0.25, 0.3) is 0 Å². The van der Waals surface area contributed by atoms with Crippen LogP contribution in [0.5, 0.6) is 0 Å². The minimum Gasteiger partial charge on any atom is -0.295 e. The van der Waals surface area contributed by atoms with Crippen LogP contribution in [0.25, 0.3) is 0 Å². The molecule has 0 aromatic heterocycles. The smallest absolute Gasteiger partial charge is 0.155 e. The van der Waals surface area contributed by atoms with Crippen molar-refractivity contribution >= 4 is 5.78 Å². The molecule has 0 heterocycles. The molecule has 1 nitrogen and oxygen atoms in total. The molecule has 156 valence electrons. The van der Waals surface area contributed by atoms with E-state index in [4.69, 9.17) is 0 Å². The van der Waals surface area contributed by atoms with Gasteiger partial charge in [-0.15, -0.1) is 0 Å². The van der Waals surface area contributed by atoms with Crippen LogP contribution in [0, 0.1) is 34.5 Å². The van der Waals surface area contributed by atoms with Crippen molar-refractivity contribution in [3.05, 3.63) is 11.6 Å². The van der Waals surface area contributed by atoms with Crippen LogP contribution < -0.4 is 0 Å². The fraction of sp³-hybridized carbons (Fsp3) is 0.885. The van der Waals surface area contributed by atoms with E-state index in [0.29, 0.717) is 16.6 Å². The highest BCUT2D eigenvalue weighted by molar-refractivity contribution is 5.90. The summed E-state index contributed by atoms with van der Waals surface area (Å²) in [7, 11) is 0. The van der Waals surface area contributed by atoms with E-state index >= 15 is 0 Å². The van der Waals surface area contributed by atoms with Crippen molar-refractivity contribution in [2.75, 3.05) is 0 Å². The molecule has 1 heteroatoms. The molecule has 0 aromatic rings. The maximum atomic E-state index is 12.2. The zero-order chi connectivity index (χ0) is 20.2. The van der Waals surface area contributed by atoms with Crippen LogP contribution in [0.2, 0.25) is 0 Å². The monoisotopic (exact) mass is 374 g/mol. The summed E-state index contributed by atoms with van der Waals surface area (Å²) in [6, 6.07) is 0. The maximum Gasteiger partial charge on any atom is 0.155 e. The highest BCUT2D eigenvalue weighted by Gasteiger charge is 2.54. The molecule has 5 atom stereocenters. The van der Waals surface area contributed by atoms with Gasteiger partial charge in [0, 0.05) is 6.42 Å². The van der Waals surface area contributed by atoms with Crippen molar-refractivity contribution in [1.82, 2.24) is 0 Å². The lowest BCUT2D eigenvalue weighted by molar-refractivity contribution is -0.116. The van der Waals surface area contributed by atoms with Crippen LogP contribution in [0.4, 0.5) is 0 Å². The molecule has 2 saturated carbocycles. The van der Waals surface area contributed by atoms with Gasteiger partial charge in [0.05, 0.1) is 0 Å². The average molecular weight is 375 g/mol. The van der Waals surface area contributed by atoms with Gasteiger partial charge in [0.2, 0.25) is 0 Å². The van der Waals surface area contributed by atoms with Crippen LogP contribution in [0.1, 0.15) is 113 Å². The van der Waals surface area contributed by atoms with Crippen molar-refractivity contribution < 1.29 is 4.79 Å². The molecule has 0 aromatic carbocycles. The highest BCUT2D eigenvalue weighted by Crippen LogP contribution is 2.62. The maximum absolute atomic E-state index is 12.2. The first-order chi connectivity index (χ1) is 12.7. The largest absolute Gasteiger partial charge is 0.295 e. The predicted molar refractivity (Wildman–Crippen MR) is 118 cm³/mol. The molecule has 0 spiro atoms. The normalized spacial score (nSPS) is 40.7. The first kappa shape index (κ1) is 22.7. The van der Waals surface area contributed by atoms with Gasteiger partial charge in [-0.1, -0.05) is 60.0 Å². The summed E-state index contributed by atoms with van der Waals surface area (Å²) in [6.45, 7) is 16.5. The molecule has 0 radical (unpaired) electrons. The minimum absolute atomic E-state index is 0.312. The van der Waals surface area contributed by atoms with Gasteiger partial charge in [-0.05, 0) is 92.4 Å². The predicted octanol–water partition coefficient (Wildman–Crippen LogP) is 7.99. The summed E-state index contributed by atoms with van der Waals surface area (Å²) in [6.07, 6.45) is 14.5. The number of ketones is 1. The van der Waals surface area contributed by atoms with E-state index in [0.717, 1.165) is 42.9 Å². The molecule has 3 rings (SSSR count). The third kappa shape index (κ3) is 5.07. The summed E-state index contributed by atoms with van der Waals surface area (Å²) in [5, 5.41) is 0. The summed E-state index contributed by atoms with van der Waals surface area (Å²) in [5.74, 6) is 3.84. The SMILES string of the molecule is C/C1=C\C(=O)CCC(C)(C)C2CCC3(C)C(C)CCC3C2CC1.CCCC. The van der Waals surface area contributed by atoms with Gasteiger partial charge in [-0.3, -0.25) is 4.79 Å². The first-order valence-electron chi connectivity index (χ1n) is 11.9. The quantitative estimate of drug-likeness (QED) is 0.454. The zero-order valence-electron chi connectivity index (χ0n) is 19.4. The van der Waals surface area contributed by atoms with Gasteiger partial charge in [0.15, 0.2) is 5.78 Å². The molecule has 3 aliphatic rings. The molecule has 0 amide bonds.